The van der Waals surface area contributed by atoms with Crippen molar-refractivity contribution in [3.8, 4) is 11.3 Å². The van der Waals surface area contributed by atoms with Crippen molar-refractivity contribution < 1.29 is 4.79 Å². The van der Waals surface area contributed by atoms with E-state index in [1.54, 1.807) is 0 Å². The van der Waals surface area contributed by atoms with Gasteiger partial charge in [-0.1, -0.05) is 51.8 Å². The first-order valence-corrected chi connectivity index (χ1v) is 10.8. The molecule has 0 bridgehead atoms. The molecule has 1 atom stereocenters. The van der Waals surface area contributed by atoms with Crippen LogP contribution in [0.4, 0.5) is 5.82 Å². The average molecular weight is 474 g/mol. The summed E-state index contributed by atoms with van der Waals surface area (Å²) in [7, 11) is 0. The molecular weight excluding hydrogens is 452 g/mol. The summed E-state index contributed by atoms with van der Waals surface area (Å²) >= 11 is 9.39. The first-order chi connectivity index (χ1) is 14.1. The molecule has 1 saturated heterocycles. The summed E-state index contributed by atoms with van der Waals surface area (Å²) in [5.74, 6) is 0.963. The van der Waals surface area contributed by atoms with Crippen molar-refractivity contribution in [2.75, 3.05) is 18.0 Å². The van der Waals surface area contributed by atoms with Crippen LogP contribution in [0.3, 0.4) is 0 Å². The molecule has 1 aliphatic rings. The Morgan fingerprint density at radius 1 is 1.21 bits per heavy atom. The molecule has 29 heavy (non-hydrogen) atoms. The summed E-state index contributed by atoms with van der Waals surface area (Å²) in [5, 5.41) is 11.5. The zero-order valence-electron chi connectivity index (χ0n) is 15.9. The molecule has 5 nitrogen and oxygen atoms in total. The van der Waals surface area contributed by atoms with Crippen LogP contribution < -0.4 is 10.2 Å². The number of rotatable bonds is 5. The predicted molar refractivity (Wildman–Crippen MR) is 120 cm³/mol. The van der Waals surface area contributed by atoms with E-state index in [0.29, 0.717) is 11.4 Å². The molecule has 3 aromatic rings. The molecule has 0 radical (unpaired) electrons. The van der Waals surface area contributed by atoms with E-state index in [9.17, 15) is 4.79 Å². The van der Waals surface area contributed by atoms with Gasteiger partial charge in [0.05, 0.1) is 12.1 Å². The minimum atomic E-state index is 0.0584. The molecule has 2 N–H and O–H groups in total. The van der Waals surface area contributed by atoms with E-state index in [1.807, 2.05) is 48.5 Å². The Balaban J connectivity index is 1.36. The second kappa shape index (κ2) is 9.01. The molecule has 150 valence electrons. The molecule has 1 unspecified atom stereocenters. The Morgan fingerprint density at radius 2 is 1.97 bits per heavy atom. The third-order valence-corrected chi connectivity index (χ3v) is 5.89. The number of halogens is 2. The first-order valence-electron chi connectivity index (χ1n) is 9.67. The van der Waals surface area contributed by atoms with Crippen LogP contribution >= 0.6 is 27.5 Å². The van der Waals surface area contributed by atoms with E-state index in [0.717, 1.165) is 53.0 Å². The molecule has 7 heteroatoms. The van der Waals surface area contributed by atoms with E-state index >= 15 is 0 Å². The lowest BCUT2D eigenvalue weighted by Crippen LogP contribution is -2.48. The van der Waals surface area contributed by atoms with Crippen molar-refractivity contribution >= 4 is 39.3 Å². The van der Waals surface area contributed by atoms with Gasteiger partial charge < -0.3 is 10.2 Å². The van der Waals surface area contributed by atoms with Crippen LogP contribution in [0.2, 0.25) is 5.02 Å². The van der Waals surface area contributed by atoms with Crippen LogP contribution in [-0.2, 0) is 11.2 Å². The molecule has 4 rings (SSSR count). The van der Waals surface area contributed by atoms with E-state index in [1.165, 1.54) is 0 Å². The normalized spacial score (nSPS) is 16.6. The van der Waals surface area contributed by atoms with Gasteiger partial charge in [-0.15, -0.1) is 0 Å². The highest BCUT2D eigenvalue weighted by molar-refractivity contribution is 9.10. The van der Waals surface area contributed by atoms with Crippen molar-refractivity contribution in [3.05, 3.63) is 69.7 Å². The molecule has 0 spiro atoms. The molecule has 2 heterocycles. The largest absolute Gasteiger partial charge is 0.353 e. The van der Waals surface area contributed by atoms with Gasteiger partial charge in [0.15, 0.2) is 5.82 Å². The molecular formula is C22H22BrClN4O. The third kappa shape index (κ3) is 5.19. The summed E-state index contributed by atoms with van der Waals surface area (Å²) in [5.41, 5.74) is 3.01. The third-order valence-electron chi connectivity index (χ3n) is 5.11. The summed E-state index contributed by atoms with van der Waals surface area (Å²) in [6.07, 6.45) is 2.40. The van der Waals surface area contributed by atoms with E-state index in [2.05, 4.69) is 42.4 Å². The molecule has 0 aliphatic carbocycles. The zero-order chi connectivity index (χ0) is 20.2. The van der Waals surface area contributed by atoms with Gasteiger partial charge in [-0.25, -0.2) is 0 Å². The van der Waals surface area contributed by atoms with Crippen molar-refractivity contribution in [1.29, 1.82) is 0 Å². The Kier molecular flexibility index (Phi) is 6.21. The number of H-pyrrole nitrogens is 1. The topological polar surface area (TPSA) is 61.0 Å². The van der Waals surface area contributed by atoms with E-state index in [4.69, 9.17) is 11.6 Å². The number of carbonyl (C=O) groups is 1. The lowest BCUT2D eigenvalue weighted by molar-refractivity contribution is -0.121. The molecule has 1 amide bonds. The number of piperidine rings is 1. The Bertz CT molecular complexity index is 971. The van der Waals surface area contributed by atoms with Gasteiger partial charge in [0.25, 0.3) is 0 Å². The molecule has 1 aromatic heterocycles. The molecule has 0 saturated carbocycles. The van der Waals surface area contributed by atoms with Gasteiger partial charge in [0.1, 0.15) is 0 Å². The second-order valence-electron chi connectivity index (χ2n) is 7.30. The number of carbonyl (C=O) groups excluding carboxylic acids is 1. The standard InChI is InChI=1S/C22H22BrClN4O/c23-17-7-3-15(4-8-17)12-22(29)25-19-2-1-11-28(14-19)21-13-20(26-27-21)16-5-9-18(24)10-6-16/h3-10,13,19H,1-2,11-12,14H2,(H,25,29)(H,26,27). The minimum Gasteiger partial charge on any atom is -0.353 e. The highest BCUT2D eigenvalue weighted by atomic mass is 79.9. The van der Waals surface area contributed by atoms with Gasteiger partial charge in [0.2, 0.25) is 5.91 Å². The van der Waals surface area contributed by atoms with Gasteiger partial charge in [0, 0.05) is 34.7 Å². The number of aromatic nitrogens is 2. The zero-order valence-corrected chi connectivity index (χ0v) is 18.2. The summed E-state index contributed by atoms with van der Waals surface area (Å²) < 4.78 is 1.02. The van der Waals surface area contributed by atoms with Gasteiger partial charge >= 0.3 is 0 Å². The van der Waals surface area contributed by atoms with Crippen LogP contribution in [-0.4, -0.2) is 35.2 Å². The Hall–Kier alpha value is -2.31. The molecule has 2 aromatic carbocycles. The van der Waals surface area contributed by atoms with Crippen molar-refractivity contribution in [1.82, 2.24) is 15.5 Å². The maximum Gasteiger partial charge on any atom is 0.224 e. The van der Waals surface area contributed by atoms with Crippen LogP contribution in [0, 0.1) is 0 Å². The van der Waals surface area contributed by atoms with E-state index in [-0.39, 0.29) is 11.9 Å². The smallest absolute Gasteiger partial charge is 0.224 e. The SMILES string of the molecule is O=C(Cc1ccc(Br)cc1)NC1CCCN(c2cc(-c3ccc(Cl)cc3)[nH]n2)C1. The van der Waals surface area contributed by atoms with Crippen LogP contribution in [0.1, 0.15) is 18.4 Å². The Morgan fingerprint density at radius 3 is 2.72 bits per heavy atom. The predicted octanol–water partition coefficient (Wildman–Crippen LogP) is 4.82. The summed E-state index contributed by atoms with van der Waals surface area (Å²) in [4.78, 5) is 14.7. The monoisotopic (exact) mass is 472 g/mol. The maximum atomic E-state index is 12.5. The highest BCUT2D eigenvalue weighted by Gasteiger charge is 2.23. The number of anilines is 1. The van der Waals surface area contributed by atoms with Crippen molar-refractivity contribution in [3.63, 3.8) is 0 Å². The average Bonchev–Trinajstić information content (AvgIpc) is 3.21. The Labute approximate surface area is 183 Å². The van der Waals surface area contributed by atoms with Crippen molar-refractivity contribution in [2.24, 2.45) is 0 Å². The first kappa shape index (κ1) is 20.0. The van der Waals surface area contributed by atoms with Crippen LogP contribution in [0.25, 0.3) is 11.3 Å². The minimum absolute atomic E-state index is 0.0584. The fourth-order valence-electron chi connectivity index (χ4n) is 3.62. The molecule has 1 fully saturated rings. The van der Waals surface area contributed by atoms with E-state index < -0.39 is 0 Å². The van der Waals surface area contributed by atoms with Crippen LogP contribution in [0.5, 0.6) is 0 Å². The number of amides is 1. The maximum absolute atomic E-state index is 12.5. The highest BCUT2D eigenvalue weighted by Crippen LogP contribution is 2.25. The van der Waals surface area contributed by atoms with Crippen molar-refractivity contribution in [2.45, 2.75) is 25.3 Å². The number of nitrogens with one attached hydrogen (secondary N) is 2. The van der Waals surface area contributed by atoms with Gasteiger partial charge in [-0.3, -0.25) is 9.89 Å². The summed E-state index contributed by atoms with van der Waals surface area (Å²) in [6.45, 7) is 1.70. The number of hydrogen-bond acceptors (Lipinski definition) is 3. The lowest BCUT2D eigenvalue weighted by Gasteiger charge is -2.33. The number of aromatic amines is 1. The fraction of sp³-hybridized carbons (Fsp3) is 0.273. The number of hydrogen-bond donors (Lipinski definition) is 2. The van der Waals surface area contributed by atoms with Crippen LogP contribution in [0.15, 0.2) is 59.1 Å². The fourth-order valence-corrected chi connectivity index (χ4v) is 4.01. The summed E-state index contributed by atoms with van der Waals surface area (Å²) in [6, 6.07) is 17.7. The van der Waals surface area contributed by atoms with Gasteiger partial charge in [-0.2, -0.15) is 5.10 Å². The second-order valence-corrected chi connectivity index (χ2v) is 8.65. The quantitative estimate of drug-likeness (QED) is 0.558. The molecule has 1 aliphatic heterocycles. The lowest BCUT2D eigenvalue weighted by atomic mass is 10.0. The number of benzene rings is 2. The van der Waals surface area contributed by atoms with Gasteiger partial charge in [-0.05, 0) is 48.2 Å². The number of nitrogens with zero attached hydrogens (tertiary/aromatic N) is 2.